The number of hydrogen-bond acceptors (Lipinski definition) is 4. The van der Waals surface area contributed by atoms with Gasteiger partial charge in [-0.3, -0.25) is 9.97 Å². The van der Waals surface area contributed by atoms with Crippen molar-refractivity contribution < 1.29 is 9.90 Å². The number of aromatic carboxylic acids is 1. The van der Waals surface area contributed by atoms with Crippen molar-refractivity contribution in [3.8, 4) is 5.69 Å². The third-order valence-corrected chi connectivity index (χ3v) is 6.75. The first-order chi connectivity index (χ1) is 16.9. The van der Waals surface area contributed by atoms with Crippen molar-refractivity contribution in [3.05, 3.63) is 113 Å². The van der Waals surface area contributed by atoms with Gasteiger partial charge in [0.05, 0.1) is 35.6 Å². The summed E-state index contributed by atoms with van der Waals surface area (Å²) in [6.07, 6.45) is 3.58. The van der Waals surface area contributed by atoms with E-state index in [1.165, 1.54) is 0 Å². The molecule has 0 radical (unpaired) electrons. The summed E-state index contributed by atoms with van der Waals surface area (Å²) in [6.45, 7) is 4.65. The van der Waals surface area contributed by atoms with E-state index in [0.717, 1.165) is 34.0 Å². The highest BCUT2D eigenvalue weighted by molar-refractivity contribution is 7.80. The zero-order chi connectivity index (χ0) is 24.5. The molecule has 1 aliphatic heterocycles. The van der Waals surface area contributed by atoms with Crippen LogP contribution in [0.1, 0.15) is 50.8 Å². The Balaban J connectivity index is 1.62. The van der Waals surface area contributed by atoms with Crippen molar-refractivity contribution in [2.45, 2.75) is 32.5 Å². The molecule has 5 rings (SSSR count). The number of carbonyl (C=O) groups is 1. The number of nitrogens with one attached hydrogen (secondary N) is 1. The highest BCUT2D eigenvalue weighted by Crippen LogP contribution is 2.42. The van der Waals surface area contributed by atoms with Crippen LogP contribution in [-0.4, -0.2) is 35.6 Å². The minimum Gasteiger partial charge on any atom is -0.478 e. The monoisotopic (exact) mass is 483 g/mol. The summed E-state index contributed by atoms with van der Waals surface area (Å²) in [7, 11) is 0. The molecule has 0 saturated carbocycles. The van der Waals surface area contributed by atoms with Crippen molar-refractivity contribution >= 4 is 23.3 Å². The molecule has 35 heavy (non-hydrogen) atoms. The van der Waals surface area contributed by atoms with Gasteiger partial charge in [-0.05, 0) is 80.2 Å². The molecule has 0 amide bonds. The lowest BCUT2D eigenvalue weighted by Crippen LogP contribution is -2.29. The Morgan fingerprint density at radius 3 is 2.49 bits per heavy atom. The zero-order valence-corrected chi connectivity index (χ0v) is 20.2. The van der Waals surface area contributed by atoms with Crippen molar-refractivity contribution in [3.63, 3.8) is 0 Å². The van der Waals surface area contributed by atoms with Gasteiger partial charge in [-0.25, -0.2) is 4.79 Å². The minimum atomic E-state index is -0.948. The summed E-state index contributed by atoms with van der Waals surface area (Å²) < 4.78 is 2.09. The fraction of sp³-hybridized carbons (Fsp3) is 0.185. The Morgan fingerprint density at radius 2 is 1.80 bits per heavy atom. The van der Waals surface area contributed by atoms with E-state index in [2.05, 4.69) is 37.7 Å². The standard InChI is InChI=1S/C27H25N5O2S/c1-17-14-22(18(2)32(17)21-10-7-8-19(15-21)26(33)34)25-24(23-11-4-6-13-29-23)30-27(35)31(25)16-20-9-3-5-12-28-20/h3-15,24-25H,16H2,1-2H3,(H,30,35)(H,33,34)/t24-,25-/m1/s1. The molecule has 1 aliphatic rings. The molecule has 1 fully saturated rings. The topological polar surface area (TPSA) is 83.3 Å². The van der Waals surface area contributed by atoms with Crippen LogP contribution < -0.4 is 5.32 Å². The SMILES string of the molecule is Cc1cc([C@@H]2[C@@H](c3ccccn3)NC(=S)N2Cc2ccccn2)c(C)n1-c1cccc(C(=O)O)c1. The van der Waals surface area contributed by atoms with Crippen LogP contribution >= 0.6 is 12.2 Å². The van der Waals surface area contributed by atoms with E-state index in [1.54, 1.807) is 30.6 Å². The van der Waals surface area contributed by atoms with Crippen molar-refractivity contribution in [1.82, 2.24) is 24.8 Å². The molecule has 3 aromatic heterocycles. The fourth-order valence-electron chi connectivity index (χ4n) is 4.84. The van der Waals surface area contributed by atoms with Gasteiger partial charge in [-0.2, -0.15) is 0 Å². The van der Waals surface area contributed by atoms with Gasteiger partial charge in [-0.15, -0.1) is 0 Å². The number of carboxylic acids is 1. The van der Waals surface area contributed by atoms with Crippen LogP contribution in [0.5, 0.6) is 0 Å². The number of hydrogen-bond donors (Lipinski definition) is 2. The molecule has 4 heterocycles. The first-order valence-electron chi connectivity index (χ1n) is 11.3. The molecule has 7 nitrogen and oxygen atoms in total. The molecule has 1 saturated heterocycles. The van der Waals surface area contributed by atoms with Gasteiger partial charge in [0.2, 0.25) is 0 Å². The van der Waals surface area contributed by atoms with E-state index < -0.39 is 5.97 Å². The Bertz CT molecular complexity index is 1390. The maximum atomic E-state index is 11.6. The third kappa shape index (κ3) is 4.28. The van der Waals surface area contributed by atoms with Gasteiger partial charge in [-0.1, -0.05) is 18.2 Å². The molecule has 4 aromatic rings. The molecule has 0 bridgehead atoms. The maximum absolute atomic E-state index is 11.6. The minimum absolute atomic E-state index is 0.123. The average molecular weight is 484 g/mol. The van der Waals surface area contributed by atoms with E-state index in [1.807, 2.05) is 49.4 Å². The molecular formula is C27H25N5O2S. The summed E-state index contributed by atoms with van der Waals surface area (Å²) in [6, 6.07) is 20.6. The summed E-state index contributed by atoms with van der Waals surface area (Å²) in [4.78, 5) is 22.9. The number of aryl methyl sites for hydroxylation is 1. The van der Waals surface area contributed by atoms with Gasteiger partial charge < -0.3 is 19.9 Å². The Morgan fingerprint density at radius 1 is 1.03 bits per heavy atom. The molecule has 0 unspecified atom stereocenters. The number of aromatic nitrogens is 3. The van der Waals surface area contributed by atoms with E-state index in [0.29, 0.717) is 11.7 Å². The van der Waals surface area contributed by atoms with Crippen LogP contribution in [0.3, 0.4) is 0 Å². The second kappa shape index (κ2) is 9.31. The van der Waals surface area contributed by atoms with Gasteiger partial charge >= 0.3 is 5.97 Å². The smallest absolute Gasteiger partial charge is 0.335 e. The number of pyridine rings is 2. The van der Waals surface area contributed by atoms with Crippen LogP contribution in [-0.2, 0) is 6.54 Å². The molecule has 0 spiro atoms. The second-order valence-electron chi connectivity index (χ2n) is 8.59. The van der Waals surface area contributed by atoms with Crippen LogP contribution in [0.2, 0.25) is 0 Å². The van der Waals surface area contributed by atoms with Crippen molar-refractivity contribution in [2.24, 2.45) is 0 Å². The summed E-state index contributed by atoms with van der Waals surface area (Å²) in [5.74, 6) is -0.948. The molecular weight excluding hydrogens is 458 g/mol. The molecule has 176 valence electrons. The van der Waals surface area contributed by atoms with Gasteiger partial charge in [0.15, 0.2) is 5.11 Å². The number of nitrogens with zero attached hydrogens (tertiary/aromatic N) is 4. The number of benzene rings is 1. The Hall–Kier alpha value is -4.04. The Labute approximate surface area is 209 Å². The predicted octanol–water partition coefficient (Wildman–Crippen LogP) is 4.76. The van der Waals surface area contributed by atoms with Gasteiger partial charge in [0.1, 0.15) is 0 Å². The largest absolute Gasteiger partial charge is 0.478 e. The van der Waals surface area contributed by atoms with E-state index in [4.69, 9.17) is 12.2 Å². The average Bonchev–Trinajstić information content (AvgIpc) is 3.35. The van der Waals surface area contributed by atoms with Crippen LogP contribution in [0.15, 0.2) is 79.1 Å². The van der Waals surface area contributed by atoms with E-state index >= 15 is 0 Å². The predicted molar refractivity (Wildman–Crippen MR) is 137 cm³/mol. The van der Waals surface area contributed by atoms with Crippen LogP contribution in [0.25, 0.3) is 5.69 Å². The lowest BCUT2D eigenvalue weighted by Gasteiger charge is -2.28. The van der Waals surface area contributed by atoms with E-state index in [9.17, 15) is 9.90 Å². The van der Waals surface area contributed by atoms with Gasteiger partial charge in [0.25, 0.3) is 0 Å². The lowest BCUT2D eigenvalue weighted by molar-refractivity contribution is 0.0697. The number of carboxylic acid groups (broad SMARTS) is 1. The number of thiocarbonyl (C=S) groups is 1. The van der Waals surface area contributed by atoms with Crippen LogP contribution in [0.4, 0.5) is 0 Å². The zero-order valence-electron chi connectivity index (χ0n) is 19.4. The lowest BCUT2D eigenvalue weighted by atomic mass is 9.96. The van der Waals surface area contributed by atoms with Crippen LogP contribution in [0, 0.1) is 13.8 Å². The quantitative estimate of drug-likeness (QED) is 0.383. The van der Waals surface area contributed by atoms with E-state index in [-0.39, 0.29) is 17.6 Å². The second-order valence-corrected chi connectivity index (χ2v) is 8.98. The molecule has 8 heteroatoms. The summed E-state index contributed by atoms with van der Waals surface area (Å²) in [5, 5.41) is 13.6. The fourth-order valence-corrected chi connectivity index (χ4v) is 5.15. The maximum Gasteiger partial charge on any atom is 0.335 e. The highest BCUT2D eigenvalue weighted by Gasteiger charge is 2.41. The highest BCUT2D eigenvalue weighted by atomic mass is 32.1. The summed E-state index contributed by atoms with van der Waals surface area (Å²) >= 11 is 5.80. The summed E-state index contributed by atoms with van der Waals surface area (Å²) in [5.41, 5.74) is 6.02. The molecule has 2 N–H and O–H groups in total. The molecule has 1 aromatic carbocycles. The van der Waals surface area contributed by atoms with Crippen molar-refractivity contribution in [2.75, 3.05) is 0 Å². The Kier molecular flexibility index (Phi) is 6.05. The van der Waals surface area contributed by atoms with Crippen molar-refractivity contribution in [1.29, 1.82) is 0 Å². The number of rotatable bonds is 6. The normalized spacial score (nSPS) is 17.4. The van der Waals surface area contributed by atoms with Gasteiger partial charge in [0, 0.05) is 29.5 Å². The molecule has 2 atom stereocenters. The molecule has 0 aliphatic carbocycles. The third-order valence-electron chi connectivity index (χ3n) is 6.40. The first-order valence-corrected chi connectivity index (χ1v) is 11.8. The first kappa shape index (κ1) is 22.7.